The summed E-state index contributed by atoms with van der Waals surface area (Å²) in [5.41, 5.74) is 5.41. The second kappa shape index (κ2) is 5.43. The lowest BCUT2D eigenvalue weighted by atomic mass is 9.99. The van der Waals surface area contributed by atoms with Crippen LogP contribution in [0.3, 0.4) is 0 Å². The van der Waals surface area contributed by atoms with Gasteiger partial charge >= 0.3 is 0 Å². The first-order valence-corrected chi connectivity index (χ1v) is 7.43. The highest BCUT2D eigenvalue weighted by molar-refractivity contribution is 9.10. The number of benzene rings is 1. The fourth-order valence-electron chi connectivity index (χ4n) is 2.66. The summed E-state index contributed by atoms with van der Waals surface area (Å²) in [4.78, 5) is 6.97. The van der Waals surface area contributed by atoms with Crippen molar-refractivity contribution in [2.75, 3.05) is 6.54 Å². The summed E-state index contributed by atoms with van der Waals surface area (Å²) in [6.45, 7) is 5.25. The van der Waals surface area contributed by atoms with Crippen LogP contribution in [0, 0.1) is 6.92 Å². The second-order valence-corrected chi connectivity index (χ2v) is 5.92. The van der Waals surface area contributed by atoms with Crippen molar-refractivity contribution < 1.29 is 0 Å². The molecule has 0 fully saturated rings. The lowest BCUT2D eigenvalue weighted by Crippen LogP contribution is -2.30. The molecule has 0 bridgehead atoms. The standard InChI is InChI=1S/C16H17BrN2/c1-12-14(6-7-16(17)18-12)10-19-9-8-13-4-2-3-5-15(13)11-19/h2-7H,8-11H2,1H3. The zero-order valence-corrected chi connectivity index (χ0v) is 12.7. The van der Waals surface area contributed by atoms with E-state index in [9.17, 15) is 0 Å². The molecule has 0 radical (unpaired) electrons. The summed E-state index contributed by atoms with van der Waals surface area (Å²) in [5, 5.41) is 0. The Morgan fingerprint density at radius 3 is 2.74 bits per heavy atom. The molecule has 1 aliphatic rings. The van der Waals surface area contributed by atoms with Gasteiger partial charge in [-0.15, -0.1) is 0 Å². The van der Waals surface area contributed by atoms with Gasteiger partial charge in [-0.3, -0.25) is 4.90 Å². The average molecular weight is 317 g/mol. The molecule has 98 valence electrons. The first-order valence-electron chi connectivity index (χ1n) is 6.63. The van der Waals surface area contributed by atoms with Gasteiger partial charge in [0.1, 0.15) is 4.60 Å². The number of aryl methyl sites for hydroxylation is 1. The first-order chi connectivity index (χ1) is 9.22. The second-order valence-electron chi connectivity index (χ2n) is 5.11. The van der Waals surface area contributed by atoms with E-state index in [0.717, 1.165) is 36.4 Å². The minimum Gasteiger partial charge on any atom is -0.294 e. The molecule has 2 heterocycles. The molecule has 0 aliphatic carbocycles. The van der Waals surface area contributed by atoms with Gasteiger partial charge in [-0.1, -0.05) is 30.3 Å². The zero-order chi connectivity index (χ0) is 13.2. The first kappa shape index (κ1) is 12.8. The van der Waals surface area contributed by atoms with Crippen LogP contribution in [0.4, 0.5) is 0 Å². The highest BCUT2D eigenvalue weighted by Gasteiger charge is 2.16. The fourth-order valence-corrected chi connectivity index (χ4v) is 3.05. The third-order valence-electron chi connectivity index (χ3n) is 3.76. The molecule has 0 saturated carbocycles. The van der Waals surface area contributed by atoms with Gasteiger partial charge in [0.2, 0.25) is 0 Å². The van der Waals surface area contributed by atoms with Crippen LogP contribution in [-0.4, -0.2) is 16.4 Å². The highest BCUT2D eigenvalue weighted by atomic mass is 79.9. The summed E-state index contributed by atoms with van der Waals surface area (Å²) in [5.74, 6) is 0. The van der Waals surface area contributed by atoms with E-state index in [1.807, 2.05) is 6.07 Å². The lowest BCUT2D eigenvalue weighted by molar-refractivity contribution is 0.245. The molecule has 1 aromatic carbocycles. The van der Waals surface area contributed by atoms with Gasteiger partial charge < -0.3 is 0 Å². The van der Waals surface area contributed by atoms with Gasteiger partial charge in [-0.2, -0.15) is 0 Å². The maximum absolute atomic E-state index is 4.47. The van der Waals surface area contributed by atoms with Crippen LogP contribution in [0.25, 0.3) is 0 Å². The van der Waals surface area contributed by atoms with Gasteiger partial charge in [0.15, 0.2) is 0 Å². The summed E-state index contributed by atoms with van der Waals surface area (Å²) >= 11 is 3.42. The van der Waals surface area contributed by atoms with E-state index in [0.29, 0.717) is 0 Å². The topological polar surface area (TPSA) is 16.1 Å². The van der Waals surface area contributed by atoms with Crippen LogP contribution in [0.1, 0.15) is 22.4 Å². The Labute approximate surface area is 122 Å². The van der Waals surface area contributed by atoms with Gasteiger partial charge in [-0.05, 0) is 52.0 Å². The van der Waals surface area contributed by atoms with Gasteiger partial charge in [-0.25, -0.2) is 4.98 Å². The Morgan fingerprint density at radius 2 is 1.95 bits per heavy atom. The van der Waals surface area contributed by atoms with Crippen molar-refractivity contribution in [1.29, 1.82) is 0 Å². The molecule has 1 aromatic heterocycles. The third kappa shape index (κ3) is 2.88. The maximum atomic E-state index is 4.47. The lowest BCUT2D eigenvalue weighted by Gasteiger charge is -2.29. The number of nitrogens with zero attached hydrogens (tertiary/aromatic N) is 2. The molecule has 1 aliphatic heterocycles. The zero-order valence-electron chi connectivity index (χ0n) is 11.1. The number of rotatable bonds is 2. The van der Waals surface area contributed by atoms with Crippen LogP contribution in [0.5, 0.6) is 0 Å². The smallest absolute Gasteiger partial charge is 0.106 e. The van der Waals surface area contributed by atoms with E-state index in [-0.39, 0.29) is 0 Å². The average Bonchev–Trinajstić information content (AvgIpc) is 2.42. The van der Waals surface area contributed by atoms with Crippen LogP contribution in [0.15, 0.2) is 41.0 Å². The van der Waals surface area contributed by atoms with E-state index in [2.05, 4.69) is 63.1 Å². The Morgan fingerprint density at radius 1 is 1.16 bits per heavy atom. The maximum Gasteiger partial charge on any atom is 0.106 e. The van der Waals surface area contributed by atoms with Crippen molar-refractivity contribution in [1.82, 2.24) is 9.88 Å². The predicted molar refractivity (Wildman–Crippen MR) is 80.9 cm³/mol. The molecule has 3 rings (SSSR count). The predicted octanol–water partition coefficient (Wildman–Crippen LogP) is 3.71. The van der Waals surface area contributed by atoms with E-state index in [1.54, 1.807) is 0 Å². The molecule has 0 saturated heterocycles. The van der Waals surface area contributed by atoms with Gasteiger partial charge in [0.25, 0.3) is 0 Å². The SMILES string of the molecule is Cc1nc(Br)ccc1CN1CCc2ccccc2C1. The molecule has 0 amide bonds. The molecule has 0 unspecified atom stereocenters. The van der Waals surface area contributed by atoms with Gasteiger partial charge in [0, 0.05) is 25.3 Å². The van der Waals surface area contributed by atoms with Crippen molar-refractivity contribution >= 4 is 15.9 Å². The fraction of sp³-hybridized carbons (Fsp3) is 0.312. The van der Waals surface area contributed by atoms with Crippen LogP contribution >= 0.6 is 15.9 Å². The summed E-state index contributed by atoms with van der Waals surface area (Å²) in [7, 11) is 0. The molecular weight excluding hydrogens is 300 g/mol. The number of hydrogen-bond acceptors (Lipinski definition) is 2. The minimum atomic E-state index is 0.915. The third-order valence-corrected chi connectivity index (χ3v) is 4.21. The van der Waals surface area contributed by atoms with Crippen LogP contribution in [-0.2, 0) is 19.5 Å². The monoisotopic (exact) mass is 316 g/mol. The quantitative estimate of drug-likeness (QED) is 0.785. The number of pyridine rings is 1. The summed E-state index contributed by atoms with van der Waals surface area (Å²) < 4.78 is 0.915. The number of fused-ring (bicyclic) bond motifs is 1. The highest BCUT2D eigenvalue weighted by Crippen LogP contribution is 2.21. The van der Waals surface area contributed by atoms with Crippen molar-refractivity contribution in [3.63, 3.8) is 0 Å². The van der Waals surface area contributed by atoms with E-state index in [4.69, 9.17) is 0 Å². The van der Waals surface area contributed by atoms with E-state index >= 15 is 0 Å². The number of hydrogen-bond donors (Lipinski definition) is 0. The molecule has 2 nitrogen and oxygen atoms in total. The molecular formula is C16H17BrN2. The number of aromatic nitrogens is 1. The Bertz CT molecular complexity index is 595. The van der Waals surface area contributed by atoms with Crippen LogP contribution < -0.4 is 0 Å². The molecule has 3 heteroatoms. The van der Waals surface area contributed by atoms with Crippen molar-refractivity contribution in [2.45, 2.75) is 26.4 Å². The van der Waals surface area contributed by atoms with Crippen LogP contribution in [0.2, 0.25) is 0 Å². The summed E-state index contributed by atoms with van der Waals surface area (Å²) in [6, 6.07) is 13.0. The van der Waals surface area contributed by atoms with E-state index in [1.165, 1.54) is 16.7 Å². The Balaban J connectivity index is 1.75. The van der Waals surface area contributed by atoms with Crippen molar-refractivity contribution in [3.8, 4) is 0 Å². The number of halogens is 1. The minimum absolute atomic E-state index is 0.915. The molecule has 0 atom stereocenters. The Hall–Kier alpha value is -1.19. The summed E-state index contributed by atoms with van der Waals surface area (Å²) in [6.07, 6.45) is 1.15. The van der Waals surface area contributed by atoms with Gasteiger partial charge in [0.05, 0.1) is 0 Å². The van der Waals surface area contributed by atoms with E-state index < -0.39 is 0 Å². The normalized spacial score (nSPS) is 15.3. The van der Waals surface area contributed by atoms with Crippen molar-refractivity contribution in [2.24, 2.45) is 0 Å². The molecule has 19 heavy (non-hydrogen) atoms. The Kier molecular flexibility index (Phi) is 3.67. The molecule has 2 aromatic rings. The molecule has 0 spiro atoms. The largest absolute Gasteiger partial charge is 0.294 e. The molecule has 0 N–H and O–H groups in total. The van der Waals surface area contributed by atoms with Crippen molar-refractivity contribution in [3.05, 3.63) is 63.4 Å².